The number of para-hydroxylation sites is 1. The molecule has 0 saturated carbocycles. The topological polar surface area (TPSA) is 142 Å². The molecule has 2 heterocycles. The smallest absolute Gasteiger partial charge is 0.349 e. The first kappa shape index (κ1) is 21.2. The summed E-state index contributed by atoms with van der Waals surface area (Å²) >= 11 is 0. The third-order valence-electron chi connectivity index (χ3n) is 4.67. The number of methoxy groups -OCH3 is 1. The lowest BCUT2D eigenvalue weighted by atomic mass is 10.1. The van der Waals surface area contributed by atoms with Crippen molar-refractivity contribution in [3.05, 3.63) is 64.5 Å². The van der Waals surface area contributed by atoms with Crippen molar-refractivity contribution in [1.29, 1.82) is 0 Å². The summed E-state index contributed by atoms with van der Waals surface area (Å²) in [6, 6.07) is 12.1. The fraction of sp³-hybridized carbons (Fsp3) is 0.143. The Labute approximate surface area is 181 Å². The van der Waals surface area contributed by atoms with E-state index in [1.807, 2.05) is 0 Å². The van der Waals surface area contributed by atoms with Crippen LogP contribution >= 0.6 is 0 Å². The van der Waals surface area contributed by atoms with E-state index in [4.69, 9.17) is 13.6 Å². The average Bonchev–Trinajstić information content (AvgIpc) is 3.26. The van der Waals surface area contributed by atoms with Gasteiger partial charge in [-0.1, -0.05) is 24.2 Å². The third-order valence-corrected chi connectivity index (χ3v) is 6.42. The van der Waals surface area contributed by atoms with Crippen LogP contribution in [0.15, 0.2) is 67.1 Å². The highest BCUT2D eigenvalue weighted by Crippen LogP contribution is 2.25. The number of carbonyl (C=O) groups is 1. The number of rotatable bonds is 6. The molecule has 11 heteroatoms. The van der Waals surface area contributed by atoms with Crippen molar-refractivity contribution >= 4 is 32.7 Å². The summed E-state index contributed by atoms with van der Waals surface area (Å²) in [4.78, 5) is 25.0. The molecule has 0 radical (unpaired) electrons. The molecule has 164 valence electrons. The van der Waals surface area contributed by atoms with Gasteiger partial charge in [-0.25, -0.2) is 13.2 Å². The Morgan fingerprint density at radius 3 is 2.53 bits per heavy atom. The zero-order valence-corrected chi connectivity index (χ0v) is 17.8. The number of fused-ring (bicyclic) bond motifs is 1. The fourth-order valence-electron chi connectivity index (χ4n) is 2.96. The number of amides is 1. The number of carbonyl (C=O) groups excluding carboxylic acids is 1. The molecule has 0 fully saturated rings. The van der Waals surface area contributed by atoms with Gasteiger partial charge in [0, 0.05) is 10.9 Å². The average molecular weight is 455 g/mol. The predicted molar refractivity (Wildman–Crippen MR) is 114 cm³/mol. The molecule has 4 aromatic rings. The van der Waals surface area contributed by atoms with Gasteiger partial charge in [0.15, 0.2) is 21.2 Å². The second-order valence-corrected chi connectivity index (χ2v) is 8.90. The highest BCUT2D eigenvalue weighted by molar-refractivity contribution is 7.91. The molecule has 0 unspecified atom stereocenters. The van der Waals surface area contributed by atoms with Crippen LogP contribution in [0.3, 0.4) is 0 Å². The van der Waals surface area contributed by atoms with E-state index in [9.17, 15) is 18.0 Å². The van der Waals surface area contributed by atoms with Crippen LogP contribution in [-0.4, -0.2) is 37.4 Å². The first-order chi connectivity index (χ1) is 15.3. The van der Waals surface area contributed by atoms with E-state index in [1.165, 1.54) is 37.4 Å². The van der Waals surface area contributed by atoms with Crippen LogP contribution in [0.4, 0.5) is 6.01 Å². The number of anilines is 1. The Kier molecular flexibility index (Phi) is 5.49. The van der Waals surface area contributed by atoms with Crippen LogP contribution in [0.2, 0.25) is 0 Å². The first-order valence-corrected chi connectivity index (χ1v) is 11.1. The summed E-state index contributed by atoms with van der Waals surface area (Å²) in [5.74, 6) is -0.372. The second-order valence-electron chi connectivity index (χ2n) is 6.62. The summed E-state index contributed by atoms with van der Waals surface area (Å²) < 4.78 is 39.6. The summed E-state index contributed by atoms with van der Waals surface area (Å²) in [7, 11) is -1.89. The van der Waals surface area contributed by atoms with E-state index in [1.54, 1.807) is 25.1 Å². The lowest BCUT2D eigenvalue weighted by Crippen LogP contribution is -2.20. The zero-order chi connectivity index (χ0) is 22.9. The summed E-state index contributed by atoms with van der Waals surface area (Å²) in [6.07, 6.45) is 0. The molecular formula is C21H17N3O7S. The Bertz CT molecular complexity index is 1470. The second kappa shape index (κ2) is 8.27. The van der Waals surface area contributed by atoms with Gasteiger partial charge in [-0.3, -0.25) is 10.1 Å². The third kappa shape index (κ3) is 3.97. The molecule has 4 rings (SSSR count). The van der Waals surface area contributed by atoms with Crippen molar-refractivity contribution in [1.82, 2.24) is 10.2 Å². The molecule has 0 aliphatic rings. The van der Waals surface area contributed by atoms with Crippen molar-refractivity contribution in [3.8, 4) is 17.2 Å². The highest BCUT2D eigenvalue weighted by Gasteiger charge is 2.19. The molecule has 10 nitrogen and oxygen atoms in total. The minimum Gasteiger partial charge on any atom is -0.493 e. The number of benzene rings is 2. The molecule has 32 heavy (non-hydrogen) atoms. The van der Waals surface area contributed by atoms with Crippen molar-refractivity contribution in [3.63, 3.8) is 0 Å². The van der Waals surface area contributed by atoms with Gasteiger partial charge in [0.2, 0.25) is 5.89 Å². The van der Waals surface area contributed by atoms with Gasteiger partial charge in [0.05, 0.1) is 17.8 Å². The number of hydrogen-bond donors (Lipinski definition) is 1. The van der Waals surface area contributed by atoms with Gasteiger partial charge < -0.3 is 13.6 Å². The Hall–Kier alpha value is -3.99. The number of sulfone groups is 1. The van der Waals surface area contributed by atoms with Crippen LogP contribution in [0.25, 0.3) is 22.4 Å². The molecule has 1 N–H and O–H groups in total. The maximum Gasteiger partial charge on any atom is 0.349 e. The largest absolute Gasteiger partial charge is 0.493 e. The molecule has 0 aliphatic carbocycles. The van der Waals surface area contributed by atoms with Crippen molar-refractivity contribution in [2.45, 2.75) is 11.8 Å². The number of aromatic nitrogens is 2. The van der Waals surface area contributed by atoms with Crippen LogP contribution in [-0.2, 0) is 9.84 Å². The molecule has 0 aliphatic heterocycles. The molecule has 2 aromatic heterocycles. The van der Waals surface area contributed by atoms with E-state index in [0.29, 0.717) is 16.7 Å². The molecule has 1 amide bonds. The SMILES string of the molecule is CCS(=O)(=O)c1ccc(-c2nnc(NC(=O)c3cc4cccc(OC)c4oc3=O)o2)cc1. The summed E-state index contributed by atoms with van der Waals surface area (Å²) in [6.45, 7) is 1.56. The van der Waals surface area contributed by atoms with E-state index in [2.05, 4.69) is 15.5 Å². The van der Waals surface area contributed by atoms with Crippen molar-refractivity contribution in [2.24, 2.45) is 0 Å². The van der Waals surface area contributed by atoms with Crippen LogP contribution in [0, 0.1) is 0 Å². The summed E-state index contributed by atoms with van der Waals surface area (Å²) in [5.41, 5.74) is -0.415. The van der Waals surface area contributed by atoms with Gasteiger partial charge in [-0.05, 0) is 36.4 Å². The van der Waals surface area contributed by atoms with E-state index >= 15 is 0 Å². The lowest BCUT2D eigenvalue weighted by Gasteiger charge is -2.05. The molecule has 0 bridgehead atoms. The summed E-state index contributed by atoms with van der Waals surface area (Å²) in [5, 5.41) is 10.4. The normalized spacial score (nSPS) is 11.4. The number of nitrogens with one attached hydrogen (secondary N) is 1. The van der Waals surface area contributed by atoms with Crippen molar-refractivity contribution in [2.75, 3.05) is 18.2 Å². The van der Waals surface area contributed by atoms with Gasteiger partial charge in [-0.2, -0.15) is 0 Å². The maximum absolute atomic E-state index is 12.6. The number of ether oxygens (including phenoxy) is 1. The molecule has 0 spiro atoms. The van der Waals surface area contributed by atoms with E-state index in [-0.39, 0.29) is 33.7 Å². The predicted octanol–water partition coefficient (Wildman–Crippen LogP) is 2.90. The minimum absolute atomic E-state index is 0.0153. The fourth-order valence-corrected chi connectivity index (χ4v) is 3.85. The first-order valence-electron chi connectivity index (χ1n) is 9.41. The standard InChI is InChI=1S/C21H17N3O7S/c1-3-32(27,28)14-9-7-12(8-10-14)19-23-24-21(31-19)22-18(25)15-11-13-5-4-6-16(29-2)17(13)30-20(15)26/h4-11H,3H2,1-2H3,(H,22,24,25). The Morgan fingerprint density at radius 1 is 1.09 bits per heavy atom. The Balaban J connectivity index is 1.57. The van der Waals surface area contributed by atoms with Gasteiger partial charge >= 0.3 is 11.6 Å². The molecular weight excluding hydrogens is 438 g/mol. The minimum atomic E-state index is -3.33. The van der Waals surface area contributed by atoms with Gasteiger partial charge in [0.25, 0.3) is 5.91 Å². The Morgan fingerprint density at radius 2 is 1.84 bits per heavy atom. The lowest BCUT2D eigenvalue weighted by molar-refractivity contribution is 0.102. The highest BCUT2D eigenvalue weighted by atomic mass is 32.2. The van der Waals surface area contributed by atoms with Crippen molar-refractivity contribution < 1.29 is 26.8 Å². The quantitative estimate of drug-likeness (QED) is 0.434. The van der Waals surface area contributed by atoms with Crippen LogP contribution < -0.4 is 15.7 Å². The molecule has 2 aromatic carbocycles. The van der Waals surface area contributed by atoms with E-state index in [0.717, 1.165) is 0 Å². The van der Waals surface area contributed by atoms with Crippen LogP contribution in [0.5, 0.6) is 5.75 Å². The van der Waals surface area contributed by atoms with Gasteiger partial charge in [-0.15, -0.1) is 5.10 Å². The molecule has 0 atom stereocenters. The van der Waals surface area contributed by atoms with Gasteiger partial charge in [0.1, 0.15) is 5.56 Å². The zero-order valence-electron chi connectivity index (χ0n) is 17.0. The van der Waals surface area contributed by atoms with Crippen LogP contribution in [0.1, 0.15) is 17.3 Å². The number of nitrogens with zero attached hydrogens (tertiary/aromatic N) is 2. The number of hydrogen-bond acceptors (Lipinski definition) is 9. The maximum atomic E-state index is 12.6. The monoisotopic (exact) mass is 455 g/mol. The molecule has 0 saturated heterocycles. The van der Waals surface area contributed by atoms with E-state index < -0.39 is 21.4 Å².